The molecule has 10 nitrogen and oxygen atoms in total. The summed E-state index contributed by atoms with van der Waals surface area (Å²) in [6, 6.07) is 3.79. The number of rotatable bonds is 6. The molecule has 1 aromatic carbocycles. The van der Waals surface area contributed by atoms with Gasteiger partial charge in [-0.05, 0) is 57.3 Å². The summed E-state index contributed by atoms with van der Waals surface area (Å²) in [6.45, 7) is 0. The fourth-order valence-corrected chi connectivity index (χ4v) is 4.67. The smallest absolute Gasteiger partial charge is 0.220 e. The molecule has 1 amide bonds. The van der Waals surface area contributed by atoms with Crippen molar-refractivity contribution in [3.8, 4) is 0 Å². The molecule has 0 unspecified atom stereocenters. The van der Waals surface area contributed by atoms with Crippen molar-refractivity contribution in [2.75, 3.05) is 28.8 Å². The van der Waals surface area contributed by atoms with Crippen molar-refractivity contribution in [1.29, 1.82) is 0 Å². The van der Waals surface area contributed by atoms with Crippen molar-refractivity contribution < 1.29 is 27.1 Å². The minimum Gasteiger partial charge on any atom is -0.397 e. The number of benzene rings is 1. The summed E-state index contributed by atoms with van der Waals surface area (Å²) in [5.41, 5.74) is 0.370. The normalized spacial score (nSPS) is 17.0. The summed E-state index contributed by atoms with van der Waals surface area (Å²) in [6.07, 6.45) is 1.25. The quantitative estimate of drug-likeness (QED) is 0.282. The number of amides is 1. The third kappa shape index (κ3) is 4.90. The number of carbonyl (C=O) groups is 1. The van der Waals surface area contributed by atoms with Crippen molar-refractivity contribution in [1.82, 2.24) is 10.3 Å². The Balaban J connectivity index is 1.90. The van der Waals surface area contributed by atoms with E-state index in [1.807, 2.05) is 0 Å². The number of anilines is 2. The average Bonchev–Trinajstić information content (AvgIpc) is 3.14. The van der Waals surface area contributed by atoms with Crippen LogP contribution in [0.25, 0.3) is 0 Å². The fourth-order valence-electron chi connectivity index (χ4n) is 2.81. The second-order valence-electron chi connectivity index (χ2n) is 6.20. The Kier molecular flexibility index (Phi) is 6.47. The van der Waals surface area contributed by atoms with Gasteiger partial charge in [-0.25, -0.2) is 17.4 Å². The van der Waals surface area contributed by atoms with Gasteiger partial charge in [0.25, 0.3) is 0 Å². The standard InChI is InChI=1S/C16H17BrFN5O5S/c1-27-22-16(23(9-24)11-2-3-13(18)12(17)8-11)14-15(21-28-20-14)19-10-4-6-29(25,26)7-5-10/h2-3,8-10H,4-7H2,1H3,(H,19,21)/b22-16-. The molecule has 1 aliphatic rings. The number of sulfone groups is 1. The van der Waals surface area contributed by atoms with Crippen LogP contribution in [-0.2, 0) is 19.5 Å². The predicted octanol–water partition coefficient (Wildman–Crippen LogP) is 1.93. The summed E-state index contributed by atoms with van der Waals surface area (Å²) in [5.74, 6) is -0.239. The first-order valence-corrected chi connectivity index (χ1v) is 11.1. The van der Waals surface area contributed by atoms with E-state index in [0.29, 0.717) is 24.9 Å². The first kappa shape index (κ1) is 21.2. The Hall–Kier alpha value is -2.54. The van der Waals surface area contributed by atoms with E-state index in [0.717, 1.165) is 4.90 Å². The van der Waals surface area contributed by atoms with Gasteiger partial charge in [-0.3, -0.25) is 9.69 Å². The van der Waals surface area contributed by atoms with Crippen LogP contribution in [0.3, 0.4) is 0 Å². The van der Waals surface area contributed by atoms with Gasteiger partial charge in [0.1, 0.15) is 22.8 Å². The van der Waals surface area contributed by atoms with Crippen LogP contribution in [0.4, 0.5) is 15.9 Å². The molecule has 0 spiro atoms. The van der Waals surface area contributed by atoms with E-state index >= 15 is 0 Å². The zero-order valence-corrected chi connectivity index (χ0v) is 17.6. The second-order valence-corrected chi connectivity index (χ2v) is 9.36. The number of halogens is 2. The lowest BCUT2D eigenvalue weighted by molar-refractivity contribution is -0.106. The van der Waals surface area contributed by atoms with Gasteiger partial charge in [-0.2, -0.15) is 0 Å². The van der Waals surface area contributed by atoms with Crippen LogP contribution >= 0.6 is 15.9 Å². The molecule has 0 radical (unpaired) electrons. The number of amidine groups is 1. The minimum atomic E-state index is -3.02. The van der Waals surface area contributed by atoms with E-state index in [4.69, 9.17) is 9.47 Å². The average molecular weight is 490 g/mol. The first-order valence-electron chi connectivity index (χ1n) is 8.45. The van der Waals surface area contributed by atoms with Crippen molar-refractivity contribution in [2.24, 2.45) is 5.16 Å². The first-order chi connectivity index (χ1) is 13.8. The lowest BCUT2D eigenvalue weighted by Crippen LogP contribution is -2.34. The molecule has 0 saturated carbocycles. The topological polar surface area (TPSA) is 127 Å². The molecule has 1 aromatic heterocycles. The molecular weight excluding hydrogens is 473 g/mol. The molecule has 13 heteroatoms. The van der Waals surface area contributed by atoms with Gasteiger partial charge in [0.2, 0.25) is 18.1 Å². The molecule has 29 heavy (non-hydrogen) atoms. The zero-order chi connectivity index (χ0) is 21.0. The highest BCUT2D eigenvalue weighted by atomic mass is 79.9. The largest absolute Gasteiger partial charge is 0.397 e. The van der Waals surface area contributed by atoms with Crippen LogP contribution in [0.2, 0.25) is 0 Å². The summed E-state index contributed by atoms with van der Waals surface area (Å²) >= 11 is 3.07. The Morgan fingerprint density at radius 3 is 2.76 bits per heavy atom. The number of carbonyl (C=O) groups excluding carboxylic acids is 1. The summed E-state index contributed by atoms with van der Waals surface area (Å²) in [5, 5.41) is 14.5. The minimum absolute atomic E-state index is 0.0480. The maximum Gasteiger partial charge on any atom is 0.220 e. The third-order valence-corrected chi connectivity index (χ3v) is 6.61. The Morgan fingerprint density at radius 2 is 2.14 bits per heavy atom. The van der Waals surface area contributed by atoms with E-state index in [1.165, 1.54) is 25.3 Å². The van der Waals surface area contributed by atoms with Crippen molar-refractivity contribution in [3.63, 3.8) is 0 Å². The van der Waals surface area contributed by atoms with Crippen molar-refractivity contribution in [3.05, 3.63) is 34.2 Å². The van der Waals surface area contributed by atoms with Gasteiger partial charge in [0.05, 0.1) is 21.7 Å². The third-order valence-electron chi connectivity index (χ3n) is 4.29. The molecule has 2 aromatic rings. The van der Waals surface area contributed by atoms with Crippen molar-refractivity contribution in [2.45, 2.75) is 18.9 Å². The van der Waals surface area contributed by atoms with E-state index < -0.39 is 15.7 Å². The highest BCUT2D eigenvalue weighted by Gasteiger charge is 2.29. The van der Waals surface area contributed by atoms with Crippen LogP contribution in [0.5, 0.6) is 0 Å². The monoisotopic (exact) mass is 489 g/mol. The predicted molar refractivity (Wildman–Crippen MR) is 106 cm³/mol. The van der Waals surface area contributed by atoms with Gasteiger partial charge in [-0.15, -0.1) is 0 Å². The molecule has 1 aliphatic heterocycles. The van der Waals surface area contributed by atoms with Gasteiger partial charge >= 0.3 is 0 Å². The van der Waals surface area contributed by atoms with Gasteiger partial charge in [-0.1, -0.05) is 5.16 Å². The molecule has 3 rings (SSSR count). The van der Waals surface area contributed by atoms with E-state index in [-0.39, 0.29) is 39.4 Å². The Morgan fingerprint density at radius 1 is 1.41 bits per heavy atom. The van der Waals surface area contributed by atoms with Crippen LogP contribution in [-0.4, -0.2) is 55.6 Å². The van der Waals surface area contributed by atoms with Gasteiger partial charge < -0.3 is 10.2 Å². The number of hydrogen-bond acceptors (Lipinski definition) is 9. The number of oxime groups is 1. The molecule has 0 atom stereocenters. The van der Waals surface area contributed by atoms with Gasteiger partial charge in [0, 0.05) is 6.04 Å². The number of nitrogens with zero attached hydrogens (tertiary/aromatic N) is 4. The van der Waals surface area contributed by atoms with E-state index in [1.54, 1.807) is 0 Å². The molecule has 1 N–H and O–H groups in total. The summed E-state index contributed by atoms with van der Waals surface area (Å²) in [7, 11) is -1.74. The molecule has 1 saturated heterocycles. The van der Waals surface area contributed by atoms with E-state index in [9.17, 15) is 17.6 Å². The maximum atomic E-state index is 13.6. The summed E-state index contributed by atoms with van der Waals surface area (Å²) in [4.78, 5) is 17.7. The lowest BCUT2D eigenvalue weighted by atomic mass is 10.1. The van der Waals surface area contributed by atoms with Crippen LogP contribution in [0, 0.1) is 5.82 Å². The highest BCUT2D eigenvalue weighted by molar-refractivity contribution is 9.10. The SMILES string of the molecule is CO/N=C(/c1nonc1NC1CCS(=O)(=O)CC1)N(C=O)c1ccc(F)c(Br)c1. The van der Waals surface area contributed by atoms with Crippen LogP contribution in [0.15, 0.2) is 32.5 Å². The van der Waals surface area contributed by atoms with Crippen molar-refractivity contribution >= 4 is 49.5 Å². The van der Waals surface area contributed by atoms with Crippen LogP contribution < -0.4 is 10.2 Å². The molecule has 1 fully saturated rings. The lowest BCUT2D eigenvalue weighted by Gasteiger charge is -2.23. The second kappa shape index (κ2) is 8.86. The number of hydrogen-bond donors (Lipinski definition) is 1. The molecule has 0 aliphatic carbocycles. The zero-order valence-electron chi connectivity index (χ0n) is 15.2. The Bertz CT molecular complexity index is 1010. The van der Waals surface area contributed by atoms with Crippen LogP contribution in [0.1, 0.15) is 18.5 Å². The summed E-state index contributed by atoms with van der Waals surface area (Å²) < 4.78 is 41.7. The molecule has 2 heterocycles. The van der Waals surface area contributed by atoms with Gasteiger partial charge in [0.15, 0.2) is 5.69 Å². The maximum absolute atomic E-state index is 13.6. The molecular formula is C16H17BrFN5O5S. The Labute approximate surface area is 174 Å². The number of aromatic nitrogens is 2. The van der Waals surface area contributed by atoms with E-state index in [2.05, 4.69) is 36.7 Å². The fraction of sp³-hybridized carbons (Fsp3) is 0.375. The highest BCUT2D eigenvalue weighted by Crippen LogP contribution is 2.26. The number of nitrogens with one attached hydrogen (secondary N) is 1. The molecule has 156 valence electrons. The molecule has 0 bridgehead atoms.